The molecule has 0 amide bonds. The van der Waals surface area contributed by atoms with Crippen molar-refractivity contribution in [3.8, 4) is 0 Å². The van der Waals surface area contributed by atoms with Crippen LogP contribution in [0.5, 0.6) is 0 Å². The summed E-state index contributed by atoms with van der Waals surface area (Å²) in [6.45, 7) is 14.8. The molecule has 0 saturated heterocycles. The number of rotatable bonds is 4. The van der Waals surface area contributed by atoms with Crippen LogP contribution in [0.15, 0.2) is 11.6 Å². The summed E-state index contributed by atoms with van der Waals surface area (Å²) in [7, 11) is 0. The van der Waals surface area contributed by atoms with Crippen LogP contribution in [0.4, 0.5) is 0 Å². The van der Waals surface area contributed by atoms with E-state index in [-0.39, 0.29) is 41.0 Å². The average molecular weight is 489 g/mol. The van der Waals surface area contributed by atoms with E-state index in [1.54, 1.807) is 5.57 Å². The van der Waals surface area contributed by atoms with Crippen molar-refractivity contribution >= 4 is 0 Å². The first-order valence-corrected chi connectivity index (χ1v) is 14.6. The SMILES string of the molecule is CC(O)COC1CC(C)(C)CC2C3=CCC4C(C)(CCC5C(CO)C(O)CCC54C)C3CCC12C. The fourth-order valence-corrected chi connectivity index (χ4v) is 10.5. The van der Waals surface area contributed by atoms with Gasteiger partial charge in [0, 0.05) is 17.9 Å². The molecule has 0 aromatic carbocycles. The number of hydrogen-bond acceptors (Lipinski definition) is 4. The molecular weight excluding hydrogens is 436 g/mol. The lowest BCUT2D eigenvalue weighted by Crippen LogP contribution is -2.61. The summed E-state index contributed by atoms with van der Waals surface area (Å²) in [5.74, 6) is 2.31. The van der Waals surface area contributed by atoms with Crippen LogP contribution in [0.2, 0.25) is 0 Å². The fourth-order valence-electron chi connectivity index (χ4n) is 10.5. The van der Waals surface area contributed by atoms with Crippen molar-refractivity contribution in [3.63, 3.8) is 0 Å². The molecule has 0 aromatic heterocycles. The first-order chi connectivity index (χ1) is 16.4. The Kier molecular flexibility index (Phi) is 6.60. The molecular formula is C31H52O4. The molecule has 0 aliphatic heterocycles. The summed E-state index contributed by atoms with van der Waals surface area (Å²) in [4.78, 5) is 0. The molecule has 200 valence electrons. The molecule has 0 bridgehead atoms. The van der Waals surface area contributed by atoms with Crippen molar-refractivity contribution in [3.05, 3.63) is 11.6 Å². The Bertz CT molecular complexity index is 834. The summed E-state index contributed by atoms with van der Waals surface area (Å²) in [5, 5.41) is 30.8. The number of hydrogen-bond donors (Lipinski definition) is 3. The van der Waals surface area contributed by atoms with Crippen molar-refractivity contribution in [2.24, 2.45) is 51.2 Å². The highest BCUT2D eigenvalue weighted by Crippen LogP contribution is 2.70. The van der Waals surface area contributed by atoms with Crippen LogP contribution in [0.1, 0.15) is 99.3 Å². The maximum absolute atomic E-state index is 10.7. The van der Waals surface area contributed by atoms with Gasteiger partial charge in [0.25, 0.3) is 0 Å². The molecule has 0 aromatic rings. The molecule has 5 rings (SSSR count). The molecule has 11 unspecified atom stereocenters. The normalized spacial score (nSPS) is 51.8. The lowest BCUT2D eigenvalue weighted by atomic mass is 9.38. The summed E-state index contributed by atoms with van der Waals surface area (Å²) < 4.78 is 6.46. The van der Waals surface area contributed by atoms with Crippen LogP contribution in [0, 0.1) is 51.2 Å². The largest absolute Gasteiger partial charge is 0.396 e. The molecule has 4 heteroatoms. The Morgan fingerprint density at radius 1 is 0.943 bits per heavy atom. The maximum Gasteiger partial charge on any atom is 0.0745 e. The molecule has 5 aliphatic carbocycles. The van der Waals surface area contributed by atoms with Gasteiger partial charge in [0.1, 0.15) is 0 Å². The standard InChI is InChI=1S/C31H52O4/c1-19(33)18-35-27-16-28(2,3)15-24-20-7-8-26-29(4,22(20)10-13-31(24,27)6)12-9-23-21(17-32)25(34)11-14-30(23,26)5/h7,19,21-27,32-34H,8-18H2,1-6H3. The number of allylic oxidation sites excluding steroid dienone is 2. The van der Waals surface area contributed by atoms with E-state index in [1.807, 2.05) is 6.92 Å². The second-order valence-corrected chi connectivity index (χ2v) is 15.0. The predicted octanol–water partition coefficient (Wildman–Crippen LogP) is 5.74. The zero-order valence-corrected chi connectivity index (χ0v) is 23.2. The average Bonchev–Trinajstić information content (AvgIpc) is 2.78. The monoisotopic (exact) mass is 488 g/mol. The highest BCUT2D eigenvalue weighted by atomic mass is 16.5. The minimum Gasteiger partial charge on any atom is -0.396 e. The van der Waals surface area contributed by atoms with Crippen LogP contribution in [-0.4, -0.2) is 46.8 Å². The van der Waals surface area contributed by atoms with Gasteiger partial charge in [-0.3, -0.25) is 0 Å². The summed E-state index contributed by atoms with van der Waals surface area (Å²) in [6, 6.07) is 0. The van der Waals surface area contributed by atoms with E-state index < -0.39 is 6.10 Å². The van der Waals surface area contributed by atoms with E-state index in [0.717, 1.165) is 32.1 Å². The first-order valence-electron chi connectivity index (χ1n) is 14.6. The van der Waals surface area contributed by atoms with Gasteiger partial charge in [-0.25, -0.2) is 0 Å². The Balaban J connectivity index is 1.48. The lowest BCUT2D eigenvalue weighted by Gasteiger charge is -2.67. The van der Waals surface area contributed by atoms with Gasteiger partial charge in [-0.2, -0.15) is 0 Å². The Morgan fingerprint density at radius 2 is 1.63 bits per heavy atom. The molecule has 4 saturated carbocycles. The van der Waals surface area contributed by atoms with E-state index in [4.69, 9.17) is 4.74 Å². The van der Waals surface area contributed by atoms with Crippen molar-refractivity contribution < 1.29 is 20.1 Å². The molecule has 5 aliphatic rings. The Labute approximate surface area is 213 Å². The zero-order valence-electron chi connectivity index (χ0n) is 23.2. The van der Waals surface area contributed by atoms with Gasteiger partial charge in [-0.15, -0.1) is 0 Å². The third kappa shape index (κ3) is 3.99. The van der Waals surface area contributed by atoms with E-state index in [0.29, 0.717) is 35.7 Å². The van der Waals surface area contributed by atoms with Gasteiger partial charge in [-0.1, -0.05) is 46.3 Å². The third-order valence-corrected chi connectivity index (χ3v) is 12.4. The maximum atomic E-state index is 10.7. The second kappa shape index (κ2) is 8.82. The minimum absolute atomic E-state index is 0.0456. The van der Waals surface area contributed by atoms with Crippen LogP contribution >= 0.6 is 0 Å². The minimum atomic E-state index is -0.417. The molecule has 3 N–H and O–H groups in total. The van der Waals surface area contributed by atoms with Gasteiger partial charge in [0.15, 0.2) is 0 Å². The van der Waals surface area contributed by atoms with Crippen molar-refractivity contribution in [2.45, 2.75) is 118 Å². The highest BCUT2D eigenvalue weighted by Gasteiger charge is 2.64. The van der Waals surface area contributed by atoms with Crippen molar-refractivity contribution in [1.82, 2.24) is 0 Å². The number of aliphatic hydroxyl groups is 3. The molecule has 35 heavy (non-hydrogen) atoms. The van der Waals surface area contributed by atoms with Crippen molar-refractivity contribution in [2.75, 3.05) is 13.2 Å². The Hall–Kier alpha value is -0.420. The smallest absolute Gasteiger partial charge is 0.0745 e. The number of ether oxygens (including phenoxy) is 1. The molecule has 4 nitrogen and oxygen atoms in total. The summed E-state index contributed by atoms with van der Waals surface area (Å²) >= 11 is 0. The summed E-state index contributed by atoms with van der Waals surface area (Å²) in [6.07, 6.45) is 12.3. The van der Waals surface area contributed by atoms with Crippen molar-refractivity contribution in [1.29, 1.82) is 0 Å². The predicted molar refractivity (Wildman–Crippen MR) is 140 cm³/mol. The van der Waals surface area contributed by atoms with Crippen LogP contribution in [-0.2, 0) is 4.74 Å². The molecule has 11 atom stereocenters. The first kappa shape index (κ1) is 26.2. The molecule has 0 radical (unpaired) electrons. The topological polar surface area (TPSA) is 69.9 Å². The molecule has 0 heterocycles. The van der Waals surface area contributed by atoms with E-state index in [9.17, 15) is 15.3 Å². The van der Waals surface area contributed by atoms with Gasteiger partial charge < -0.3 is 20.1 Å². The zero-order chi connectivity index (χ0) is 25.4. The third-order valence-electron chi connectivity index (χ3n) is 12.4. The van der Waals surface area contributed by atoms with E-state index in [1.165, 1.54) is 25.7 Å². The number of aliphatic hydroxyl groups excluding tert-OH is 3. The number of fused-ring (bicyclic) bond motifs is 7. The second-order valence-electron chi connectivity index (χ2n) is 15.0. The molecule has 4 fully saturated rings. The summed E-state index contributed by atoms with van der Waals surface area (Å²) in [5.41, 5.74) is 2.63. The quantitative estimate of drug-likeness (QED) is 0.442. The van der Waals surface area contributed by atoms with E-state index >= 15 is 0 Å². The van der Waals surface area contributed by atoms with E-state index in [2.05, 4.69) is 40.7 Å². The van der Waals surface area contributed by atoms with Crippen LogP contribution < -0.4 is 0 Å². The van der Waals surface area contributed by atoms with Crippen LogP contribution in [0.25, 0.3) is 0 Å². The lowest BCUT2D eigenvalue weighted by molar-refractivity contribution is -0.178. The van der Waals surface area contributed by atoms with Gasteiger partial charge in [0.05, 0.1) is 24.9 Å². The Morgan fingerprint density at radius 3 is 2.31 bits per heavy atom. The fraction of sp³-hybridized carbons (Fsp3) is 0.935. The van der Waals surface area contributed by atoms with Gasteiger partial charge in [0.2, 0.25) is 0 Å². The van der Waals surface area contributed by atoms with Gasteiger partial charge >= 0.3 is 0 Å². The highest BCUT2D eigenvalue weighted by molar-refractivity contribution is 5.29. The molecule has 0 spiro atoms. The van der Waals surface area contributed by atoms with Gasteiger partial charge in [-0.05, 0) is 105 Å². The van der Waals surface area contributed by atoms with Crippen LogP contribution in [0.3, 0.4) is 0 Å².